The minimum atomic E-state index is -3.66. The summed E-state index contributed by atoms with van der Waals surface area (Å²) in [6.45, 7) is 3.39. The maximum Gasteiger partial charge on any atom is 0.256 e. The zero-order valence-electron chi connectivity index (χ0n) is 18.3. The Morgan fingerprint density at radius 3 is 2.44 bits per heavy atom. The molecule has 0 bridgehead atoms. The van der Waals surface area contributed by atoms with Crippen molar-refractivity contribution in [2.24, 2.45) is 7.05 Å². The molecule has 1 N–H and O–H groups in total. The van der Waals surface area contributed by atoms with Crippen LogP contribution in [0, 0.1) is 6.92 Å². The van der Waals surface area contributed by atoms with Crippen molar-refractivity contribution >= 4 is 26.8 Å². The third-order valence-corrected chi connectivity index (χ3v) is 7.82. The molecule has 2 aromatic carbocycles. The number of aromatic nitrogens is 1. The Labute approximate surface area is 187 Å². The number of nitrogens with zero attached hydrogens (tertiary/aromatic N) is 2. The molecule has 0 atom stereocenters. The standard InChI is InChI=1S/C24H27N3O4S/c1-17-5-7-18(8-6-17)11-12-25-24(29)21-16-26(2)22-10-9-19(15-20(22)23(21)28)32(30,31)27-13-3-4-14-27/h5-10,15-16H,3-4,11-14H2,1-2H3,(H,25,29). The van der Waals surface area contributed by atoms with E-state index in [9.17, 15) is 18.0 Å². The van der Waals surface area contributed by atoms with E-state index in [1.54, 1.807) is 17.7 Å². The molecule has 1 aliphatic rings. The third kappa shape index (κ3) is 4.33. The molecule has 7 nitrogen and oxygen atoms in total. The van der Waals surface area contributed by atoms with Gasteiger partial charge in [-0.05, 0) is 49.9 Å². The molecule has 1 aromatic heterocycles. The van der Waals surface area contributed by atoms with Crippen LogP contribution in [0.3, 0.4) is 0 Å². The Kier molecular flexibility index (Phi) is 6.17. The van der Waals surface area contributed by atoms with Gasteiger partial charge in [-0.25, -0.2) is 8.42 Å². The van der Waals surface area contributed by atoms with Crippen LogP contribution in [0.15, 0.2) is 58.4 Å². The predicted octanol–water partition coefficient (Wildman–Crippen LogP) is 2.60. The van der Waals surface area contributed by atoms with Crippen LogP contribution in [-0.4, -0.2) is 42.8 Å². The number of amides is 1. The molecule has 32 heavy (non-hydrogen) atoms. The van der Waals surface area contributed by atoms with Crippen LogP contribution < -0.4 is 10.7 Å². The van der Waals surface area contributed by atoms with Crippen molar-refractivity contribution in [3.8, 4) is 0 Å². The quantitative estimate of drug-likeness (QED) is 0.621. The maximum atomic E-state index is 13.1. The van der Waals surface area contributed by atoms with Gasteiger partial charge in [0.25, 0.3) is 5.91 Å². The number of aryl methyl sites for hydroxylation is 2. The molecular formula is C24H27N3O4S. The molecule has 0 saturated carbocycles. The lowest BCUT2D eigenvalue weighted by Gasteiger charge is -2.16. The maximum absolute atomic E-state index is 13.1. The van der Waals surface area contributed by atoms with Crippen LogP contribution in [0.4, 0.5) is 0 Å². The summed E-state index contributed by atoms with van der Waals surface area (Å²) in [6.07, 6.45) is 3.82. The van der Waals surface area contributed by atoms with Gasteiger partial charge in [-0.15, -0.1) is 0 Å². The van der Waals surface area contributed by atoms with Crippen LogP contribution in [0.5, 0.6) is 0 Å². The Morgan fingerprint density at radius 2 is 1.75 bits per heavy atom. The number of rotatable bonds is 6. The number of hydrogen-bond acceptors (Lipinski definition) is 4. The summed E-state index contributed by atoms with van der Waals surface area (Å²) in [5, 5.41) is 3.03. The fraction of sp³-hybridized carbons (Fsp3) is 0.333. The number of carbonyl (C=O) groups is 1. The molecular weight excluding hydrogens is 426 g/mol. The summed E-state index contributed by atoms with van der Waals surface area (Å²) < 4.78 is 29.0. The van der Waals surface area contributed by atoms with Gasteiger partial charge >= 0.3 is 0 Å². The van der Waals surface area contributed by atoms with Gasteiger partial charge in [0.2, 0.25) is 15.5 Å². The molecule has 0 spiro atoms. The average molecular weight is 454 g/mol. The third-order valence-electron chi connectivity index (χ3n) is 5.93. The molecule has 0 unspecified atom stereocenters. The lowest BCUT2D eigenvalue weighted by atomic mass is 10.1. The Bertz CT molecular complexity index is 1320. The van der Waals surface area contributed by atoms with E-state index >= 15 is 0 Å². The molecule has 2 heterocycles. The Balaban J connectivity index is 1.60. The van der Waals surface area contributed by atoms with Crippen LogP contribution >= 0.6 is 0 Å². The second kappa shape index (κ2) is 8.88. The second-order valence-corrected chi connectivity index (χ2v) is 10.2. The van der Waals surface area contributed by atoms with Crippen LogP contribution in [0.1, 0.15) is 34.3 Å². The largest absolute Gasteiger partial charge is 0.352 e. The summed E-state index contributed by atoms with van der Waals surface area (Å²) in [7, 11) is -1.92. The molecule has 3 aromatic rings. The van der Waals surface area contributed by atoms with Crippen molar-refractivity contribution in [3.05, 3.63) is 75.6 Å². The molecule has 1 amide bonds. The second-order valence-electron chi connectivity index (χ2n) is 8.26. The van der Waals surface area contributed by atoms with Crippen molar-refractivity contribution in [3.63, 3.8) is 0 Å². The summed E-state index contributed by atoms with van der Waals surface area (Å²) in [5.74, 6) is -0.465. The topological polar surface area (TPSA) is 88.5 Å². The SMILES string of the molecule is Cc1ccc(CCNC(=O)c2cn(C)c3ccc(S(=O)(=O)N4CCCC4)cc3c2=O)cc1. The Morgan fingerprint density at radius 1 is 1.06 bits per heavy atom. The first-order valence-electron chi connectivity index (χ1n) is 10.7. The first kappa shape index (κ1) is 22.2. The molecule has 4 rings (SSSR count). The monoisotopic (exact) mass is 453 g/mol. The van der Waals surface area contributed by atoms with Gasteiger partial charge in [0, 0.05) is 38.3 Å². The van der Waals surface area contributed by atoms with Crippen molar-refractivity contribution in [2.45, 2.75) is 31.1 Å². The van der Waals surface area contributed by atoms with E-state index in [1.165, 1.54) is 28.2 Å². The summed E-state index contributed by atoms with van der Waals surface area (Å²) in [4.78, 5) is 25.9. The average Bonchev–Trinajstić information content (AvgIpc) is 3.33. The highest BCUT2D eigenvalue weighted by molar-refractivity contribution is 7.89. The molecule has 1 fully saturated rings. The predicted molar refractivity (Wildman–Crippen MR) is 124 cm³/mol. The van der Waals surface area contributed by atoms with Crippen molar-refractivity contribution in [2.75, 3.05) is 19.6 Å². The van der Waals surface area contributed by atoms with E-state index in [2.05, 4.69) is 5.32 Å². The zero-order chi connectivity index (χ0) is 22.9. The Hall–Kier alpha value is -2.97. The summed E-state index contributed by atoms with van der Waals surface area (Å²) >= 11 is 0. The number of fused-ring (bicyclic) bond motifs is 1. The fourth-order valence-electron chi connectivity index (χ4n) is 4.04. The number of hydrogen-bond donors (Lipinski definition) is 1. The van der Waals surface area contributed by atoms with Gasteiger partial charge in [0.05, 0.1) is 10.4 Å². The molecule has 0 radical (unpaired) electrons. The van der Waals surface area contributed by atoms with E-state index < -0.39 is 21.4 Å². The number of pyridine rings is 1. The van der Waals surface area contributed by atoms with Crippen LogP contribution in [0.2, 0.25) is 0 Å². The fourth-order valence-corrected chi connectivity index (χ4v) is 5.59. The van der Waals surface area contributed by atoms with E-state index in [0.717, 1.165) is 18.4 Å². The highest BCUT2D eigenvalue weighted by Gasteiger charge is 2.28. The lowest BCUT2D eigenvalue weighted by molar-refractivity contribution is 0.0952. The minimum Gasteiger partial charge on any atom is -0.352 e. The van der Waals surface area contributed by atoms with Crippen molar-refractivity contribution < 1.29 is 13.2 Å². The van der Waals surface area contributed by atoms with Gasteiger partial charge in [0.15, 0.2) is 0 Å². The van der Waals surface area contributed by atoms with Crippen molar-refractivity contribution in [1.29, 1.82) is 0 Å². The molecule has 1 aliphatic heterocycles. The van der Waals surface area contributed by atoms with Gasteiger partial charge in [-0.1, -0.05) is 29.8 Å². The lowest BCUT2D eigenvalue weighted by Crippen LogP contribution is -2.31. The summed E-state index contributed by atoms with van der Waals surface area (Å²) in [5.41, 5.74) is 2.37. The van der Waals surface area contributed by atoms with Crippen molar-refractivity contribution in [1.82, 2.24) is 14.2 Å². The minimum absolute atomic E-state index is 0.000346. The van der Waals surface area contributed by atoms with Gasteiger partial charge < -0.3 is 9.88 Å². The van der Waals surface area contributed by atoms with E-state index in [-0.39, 0.29) is 15.8 Å². The number of benzene rings is 2. The summed E-state index contributed by atoms with van der Waals surface area (Å²) in [6, 6.07) is 12.6. The van der Waals surface area contributed by atoms with E-state index in [1.807, 2.05) is 31.2 Å². The smallest absolute Gasteiger partial charge is 0.256 e. The van der Waals surface area contributed by atoms with Crippen LogP contribution in [-0.2, 0) is 23.5 Å². The molecule has 1 saturated heterocycles. The highest BCUT2D eigenvalue weighted by Crippen LogP contribution is 2.23. The highest BCUT2D eigenvalue weighted by atomic mass is 32.2. The number of sulfonamides is 1. The zero-order valence-corrected chi connectivity index (χ0v) is 19.1. The number of carbonyl (C=O) groups excluding carboxylic acids is 1. The molecule has 168 valence electrons. The normalized spacial score (nSPS) is 14.7. The first-order chi connectivity index (χ1) is 15.3. The van der Waals surface area contributed by atoms with Gasteiger partial charge in [-0.2, -0.15) is 4.31 Å². The molecule has 0 aliphatic carbocycles. The van der Waals surface area contributed by atoms with Crippen LogP contribution in [0.25, 0.3) is 10.9 Å². The van der Waals surface area contributed by atoms with E-state index in [0.29, 0.717) is 31.6 Å². The first-order valence-corrected chi connectivity index (χ1v) is 12.2. The van der Waals surface area contributed by atoms with Gasteiger partial charge in [0.1, 0.15) is 5.56 Å². The number of nitrogens with one attached hydrogen (secondary N) is 1. The molecule has 8 heteroatoms. The van der Waals surface area contributed by atoms with Gasteiger partial charge in [-0.3, -0.25) is 9.59 Å². The van der Waals surface area contributed by atoms with E-state index in [4.69, 9.17) is 0 Å².